The van der Waals surface area contributed by atoms with Gasteiger partial charge in [-0.25, -0.2) is 14.4 Å². The van der Waals surface area contributed by atoms with Crippen molar-refractivity contribution in [2.24, 2.45) is 0 Å². The first-order valence-corrected chi connectivity index (χ1v) is 10.4. The van der Waals surface area contributed by atoms with Crippen molar-refractivity contribution in [3.05, 3.63) is 24.3 Å². The van der Waals surface area contributed by atoms with Crippen LogP contribution in [0.4, 0.5) is 0 Å². The fraction of sp³-hybridized carbons (Fsp3) is 0.619. The Kier molecular flexibility index (Phi) is 7.20. The van der Waals surface area contributed by atoms with Crippen LogP contribution in [0.5, 0.6) is 0 Å². The van der Waals surface area contributed by atoms with Gasteiger partial charge in [0.1, 0.15) is 30.5 Å². The quantitative estimate of drug-likeness (QED) is 0.259. The van der Waals surface area contributed by atoms with Crippen molar-refractivity contribution in [1.29, 1.82) is 0 Å². The van der Waals surface area contributed by atoms with Crippen molar-refractivity contribution < 1.29 is 57.4 Å². The van der Waals surface area contributed by atoms with E-state index < -0.39 is 66.7 Å². The minimum absolute atomic E-state index is 0.0266. The summed E-state index contributed by atoms with van der Waals surface area (Å²) in [5.74, 6) is -2.58. The minimum Gasteiger partial charge on any atom is -0.454 e. The molecule has 4 heterocycles. The predicted octanol–water partition coefficient (Wildman–Crippen LogP) is -1.62. The van der Waals surface area contributed by atoms with E-state index in [0.717, 1.165) is 24.3 Å². The van der Waals surface area contributed by atoms with E-state index >= 15 is 0 Å². The van der Waals surface area contributed by atoms with Crippen LogP contribution >= 0.6 is 0 Å². The van der Waals surface area contributed by atoms with Crippen LogP contribution in [0.3, 0.4) is 0 Å². The van der Waals surface area contributed by atoms with Crippen LogP contribution in [-0.4, -0.2) is 104 Å². The monoisotopic (exact) mass is 468 g/mol. The van der Waals surface area contributed by atoms with E-state index in [1.54, 1.807) is 0 Å². The lowest BCUT2D eigenvalue weighted by atomic mass is 10.1. The summed E-state index contributed by atoms with van der Waals surface area (Å²) in [6.45, 7) is 1.58. The van der Waals surface area contributed by atoms with Gasteiger partial charge in [0.25, 0.3) is 0 Å². The number of hydrogen-bond donors (Lipinski definition) is 1. The Labute approximate surface area is 188 Å². The Morgan fingerprint density at radius 1 is 0.636 bits per heavy atom. The van der Waals surface area contributed by atoms with Crippen molar-refractivity contribution in [1.82, 2.24) is 0 Å². The van der Waals surface area contributed by atoms with Crippen LogP contribution in [0.25, 0.3) is 0 Å². The lowest BCUT2D eigenvalue weighted by molar-refractivity contribution is -0.151. The van der Waals surface area contributed by atoms with E-state index in [-0.39, 0.29) is 32.2 Å². The number of ketones is 1. The van der Waals surface area contributed by atoms with Gasteiger partial charge >= 0.3 is 17.9 Å². The summed E-state index contributed by atoms with van der Waals surface area (Å²) in [6, 6.07) is 0. The highest BCUT2D eigenvalue weighted by Gasteiger charge is 2.51. The molecule has 33 heavy (non-hydrogen) atoms. The van der Waals surface area contributed by atoms with Gasteiger partial charge in [-0.1, -0.05) is 0 Å². The molecule has 0 unspecified atom stereocenters. The third-order valence-corrected chi connectivity index (χ3v) is 5.56. The Hall–Kier alpha value is -2.64. The number of rotatable bonds is 7. The second-order valence-electron chi connectivity index (χ2n) is 7.96. The number of aliphatic hydroxyl groups excluding tert-OH is 1. The molecule has 8 atom stereocenters. The molecule has 0 bridgehead atoms. The Balaban J connectivity index is 1.22. The first-order chi connectivity index (χ1) is 15.8. The molecule has 0 saturated carbocycles. The number of allylic oxidation sites excluding steroid dienone is 1. The molecule has 4 aliphatic rings. The summed E-state index contributed by atoms with van der Waals surface area (Å²) in [7, 11) is 0. The summed E-state index contributed by atoms with van der Waals surface area (Å²) in [5, 5.41) is 9.71. The molecule has 0 spiro atoms. The Bertz CT molecular complexity index is 850. The van der Waals surface area contributed by atoms with E-state index in [2.05, 4.69) is 0 Å². The SMILES string of the molecule is CC(=O)/C=C/C(=O)O[C@H]1CO[C@H]2[C@@H]1OC[C@@H]2OC(=O)/C=C/C(=O)O[C@H]1CO[C@H]2[C@@H]1OC[C@@H]2O. The van der Waals surface area contributed by atoms with Crippen molar-refractivity contribution in [3.63, 3.8) is 0 Å². The molecular formula is C21H24O12. The summed E-state index contributed by atoms with van der Waals surface area (Å²) in [4.78, 5) is 46.8. The normalized spacial score (nSPS) is 37.3. The van der Waals surface area contributed by atoms with Gasteiger partial charge in [0.05, 0.1) is 26.4 Å². The number of hydrogen-bond acceptors (Lipinski definition) is 12. The molecule has 0 aromatic rings. The predicted molar refractivity (Wildman–Crippen MR) is 104 cm³/mol. The zero-order chi connectivity index (χ0) is 23.5. The number of esters is 3. The smallest absolute Gasteiger partial charge is 0.331 e. The molecule has 4 rings (SSSR count). The van der Waals surface area contributed by atoms with Crippen molar-refractivity contribution in [2.75, 3.05) is 26.4 Å². The molecule has 0 radical (unpaired) electrons. The molecule has 0 amide bonds. The van der Waals surface area contributed by atoms with Gasteiger partial charge in [-0.15, -0.1) is 0 Å². The first kappa shape index (κ1) is 23.5. The van der Waals surface area contributed by atoms with Crippen LogP contribution in [-0.2, 0) is 52.3 Å². The largest absolute Gasteiger partial charge is 0.454 e. The maximum Gasteiger partial charge on any atom is 0.331 e. The highest BCUT2D eigenvalue weighted by atomic mass is 16.7. The minimum atomic E-state index is -0.803. The average molecular weight is 468 g/mol. The molecular weight excluding hydrogens is 444 g/mol. The maximum atomic E-state index is 12.1. The van der Waals surface area contributed by atoms with Crippen LogP contribution in [0.15, 0.2) is 24.3 Å². The number of carbonyl (C=O) groups is 4. The summed E-state index contributed by atoms with van der Waals surface area (Å²) >= 11 is 0. The van der Waals surface area contributed by atoms with Gasteiger partial charge in [-0.3, -0.25) is 4.79 Å². The standard InChI is InChI=1S/C21H24O12/c1-10(22)2-3-15(24)32-13-8-29-21-14(9-30-20(13)21)33-17(26)5-4-16(25)31-12-7-28-18-11(23)6-27-19(12)18/h2-5,11-14,18-21,23H,6-9H2,1H3/b3-2+,5-4+/t11-,12-,13-,14-,18+,19+,20+,21+/m0/s1. The second-order valence-corrected chi connectivity index (χ2v) is 7.96. The zero-order valence-electron chi connectivity index (χ0n) is 17.7. The highest BCUT2D eigenvalue weighted by Crippen LogP contribution is 2.31. The van der Waals surface area contributed by atoms with Gasteiger partial charge in [-0.05, 0) is 13.0 Å². The fourth-order valence-corrected chi connectivity index (χ4v) is 4.06. The number of aliphatic hydroxyl groups is 1. The molecule has 0 aliphatic carbocycles. The van der Waals surface area contributed by atoms with Crippen LogP contribution in [0.2, 0.25) is 0 Å². The molecule has 4 fully saturated rings. The average Bonchev–Trinajstić information content (AvgIpc) is 3.52. The summed E-state index contributed by atoms with van der Waals surface area (Å²) < 4.78 is 37.6. The molecule has 0 aromatic heterocycles. The molecule has 180 valence electrons. The number of fused-ring (bicyclic) bond motifs is 2. The van der Waals surface area contributed by atoms with Crippen molar-refractivity contribution in [3.8, 4) is 0 Å². The van der Waals surface area contributed by atoms with E-state index in [1.165, 1.54) is 6.92 Å². The lowest BCUT2D eigenvalue weighted by Gasteiger charge is -2.16. The van der Waals surface area contributed by atoms with Crippen molar-refractivity contribution >= 4 is 23.7 Å². The van der Waals surface area contributed by atoms with Gasteiger partial charge in [0.2, 0.25) is 0 Å². The fourth-order valence-electron chi connectivity index (χ4n) is 4.06. The summed E-state index contributed by atoms with van der Waals surface area (Å²) in [6.07, 6.45) is -1.28. The number of ether oxygens (including phenoxy) is 7. The second kappa shape index (κ2) is 10.1. The molecule has 1 N–H and O–H groups in total. The summed E-state index contributed by atoms with van der Waals surface area (Å²) in [5.41, 5.74) is 0. The molecule has 4 aliphatic heterocycles. The van der Waals surface area contributed by atoms with Crippen molar-refractivity contribution in [2.45, 2.75) is 55.8 Å². The molecule has 4 saturated heterocycles. The third-order valence-electron chi connectivity index (χ3n) is 5.56. The molecule has 0 aromatic carbocycles. The first-order valence-electron chi connectivity index (χ1n) is 10.4. The Morgan fingerprint density at radius 2 is 1.00 bits per heavy atom. The van der Waals surface area contributed by atoms with E-state index in [4.69, 9.17) is 33.2 Å². The third kappa shape index (κ3) is 5.47. The van der Waals surface area contributed by atoms with Crippen LogP contribution in [0.1, 0.15) is 6.92 Å². The van der Waals surface area contributed by atoms with Crippen LogP contribution < -0.4 is 0 Å². The molecule has 12 nitrogen and oxygen atoms in total. The van der Waals surface area contributed by atoms with Gasteiger partial charge < -0.3 is 38.3 Å². The van der Waals surface area contributed by atoms with E-state index in [0.29, 0.717) is 0 Å². The lowest BCUT2D eigenvalue weighted by Crippen LogP contribution is -2.35. The van der Waals surface area contributed by atoms with Gasteiger partial charge in [0, 0.05) is 18.2 Å². The van der Waals surface area contributed by atoms with Crippen LogP contribution in [0, 0.1) is 0 Å². The van der Waals surface area contributed by atoms with E-state index in [9.17, 15) is 24.3 Å². The van der Waals surface area contributed by atoms with Gasteiger partial charge in [0.15, 0.2) is 24.1 Å². The topological polar surface area (TPSA) is 153 Å². The maximum absolute atomic E-state index is 12.1. The van der Waals surface area contributed by atoms with Gasteiger partial charge in [-0.2, -0.15) is 0 Å². The molecule has 12 heteroatoms. The Morgan fingerprint density at radius 3 is 1.45 bits per heavy atom. The van der Waals surface area contributed by atoms with E-state index in [1.807, 2.05) is 0 Å². The highest BCUT2D eigenvalue weighted by molar-refractivity contribution is 5.94. The zero-order valence-corrected chi connectivity index (χ0v) is 17.7. The number of carbonyl (C=O) groups excluding carboxylic acids is 4.